The van der Waals surface area contributed by atoms with Gasteiger partial charge in [-0.3, -0.25) is 4.79 Å². The van der Waals surface area contributed by atoms with Gasteiger partial charge in [-0.1, -0.05) is 30.3 Å². The number of carbonyl (C=O) groups excluding carboxylic acids is 1. The molecular weight excluding hydrogens is 210 g/mol. The molecule has 0 saturated carbocycles. The van der Waals surface area contributed by atoms with Crippen LogP contribution in [0.25, 0.3) is 11.1 Å². The number of nitrogens with zero attached hydrogens (tertiary/aromatic N) is 1. The first-order valence-electron chi connectivity index (χ1n) is 5.55. The third-order valence-electron chi connectivity index (χ3n) is 3.00. The van der Waals surface area contributed by atoms with Crippen LogP contribution in [0.3, 0.4) is 0 Å². The SMILES string of the molecule is CC(=O)Cc1c(C)c2cccccc-2c1C#N. The molecule has 0 aromatic heterocycles. The van der Waals surface area contributed by atoms with Crippen molar-refractivity contribution in [1.29, 1.82) is 5.26 Å². The van der Waals surface area contributed by atoms with E-state index in [1.807, 2.05) is 37.3 Å². The molecule has 2 aliphatic rings. The van der Waals surface area contributed by atoms with Crippen LogP contribution in [0.2, 0.25) is 0 Å². The predicted octanol–water partition coefficient (Wildman–Crippen LogP) is 3.10. The Morgan fingerprint density at radius 1 is 1.24 bits per heavy atom. The first-order valence-corrected chi connectivity index (χ1v) is 5.55. The van der Waals surface area contributed by atoms with E-state index in [-0.39, 0.29) is 5.78 Å². The molecule has 0 fully saturated rings. The van der Waals surface area contributed by atoms with Crippen LogP contribution in [0.1, 0.15) is 23.6 Å². The van der Waals surface area contributed by atoms with Crippen molar-refractivity contribution < 1.29 is 4.79 Å². The zero-order valence-electron chi connectivity index (χ0n) is 9.95. The third kappa shape index (κ3) is 1.92. The average molecular weight is 223 g/mol. The molecule has 0 bridgehead atoms. The molecular formula is C15H13NO. The van der Waals surface area contributed by atoms with Gasteiger partial charge in [0, 0.05) is 12.0 Å². The Morgan fingerprint density at radius 2 is 1.88 bits per heavy atom. The molecule has 0 spiro atoms. The van der Waals surface area contributed by atoms with E-state index < -0.39 is 0 Å². The quantitative estimate of drug-likeness (QED) is 0.784. The van der Waals surface area contributed by atoms with Crippen LogP contribution in [-0.4, -0.2) is 5.78 Å². The first-order chi connectivity index (χ1) is 8.15. The van der Waals surface area contributed by atoms with Gasteiger partial charge in [0.05, 0.1) is 5.56 Å². The lowest BCUT2D eigenvalue weighted by Gasteiger charge is -1.97. The molecule has 0 amide bonds. The minimum Gasteiger partial charge on any atom is -0.300 e. The highest BCUT2D eigenvalue weighted by molar-refractivity contribution is 5.86. The van der Waals surface area contributed by atoms with E-state index >= 15 is 0 Å². The lowest BCUT2D eigenvalue weighted by Crippen LogP contribution is -1.98. The summed E-state index contributed by atoms with van der Waals surface area (Å²) in [6.07, 6.45) is 0.340. The topological polar surface area (TPSA) is 40.9 Å². The number of hydrogen-bond acceptors (Lipinski definition) is 2. The van der Waals surface area contributed by atoms with Crippen LogP contribution in [0.5, 0.6) is 0 Å². The number of carbonyl (C=O) groups is 1. The third-order valence-corrected chi connectivity index (χ3v) is 3.00. The van der Waals surface area contributed by atoms with Crippen LogP contribution in [0.15, 0.2) is 30.3 Å². The maximum Gasteiger partial charge on any atom is 0.134 e. The van der Waals surface area contributed by atoms with E-state index in [2.05, 4.69) is 6.07 Å². The highest BCUT2D eigenvalue weighted by atomic mass is 16.1. The fraction of sp³-hybridized carbons (Fsp3) is 0.200. The number of nitriles is 1. The van der Waals surface area contributed by atoms with E-state index in [0.717, 1.165) is 22.3 Å². The van der Waals surface area contributed by atoms with E-state index in [1.54, 1.807) is 6.92 Å². The summed E-state index contributed by atoms with van der Waals surface area (Å²) in [6, 6.07) is 12.0. The van der Waals surface area contributed by atoms with Crippen molar-refractivity contribution in [3.05, 3.63) is 47.0 Å². The van der Waals surface area contributed by atoms with Crippen LogP contribution in [0.4, 0.5) is 0 Å². The van der Waals surface area contributed by atoms with Gasteiger partial charge < -0.3 is 0 Å². The normalized spacial score (nSPS) is 10.2. The van der Waals surface area contributed by atoms with Gasteiger partial charge in [-0.25, -0.2) is 0 Å². The van der Waals surface area contributed by atoms with Gasteiger partial charge in [0.2, 0.25) is 0 Å². The maximum atomic E-state index is 11.3. The molecule has 0 heterocycles. The highest BCUT2D eigenvalue weighted by Gasteiger charge is 2.20. The fourth-order valence-electron chi connectivity index (χ4n) is 2.20. The molecule has 2 rings (SSSR count). The zero-order valence-corrected chi connectivity index (χ0v) is 9.95. The van der Waals surface area contributed by atoms with E-state index in [4.69, 9.17) is 0 Å². The zero-order chi connectivity index (χ0) is 12.4. The number of Topliss-reactive ketones (excluding diaryl/α,β-unsaturated/α-hetero) is 1. The standard InChI is InChI=1S/C15H13NO/c1-10(17)8-14-11(2)12-6-4-3-5-7-13(12)15(14)9-16/h3-7H,8H2,1-2H3. The first kappa shape index (κ1) is 11.3. The van der Waals surface area contributed by atoms with Gasteiger partial charge in [0.1, 0.15) is 11.9 Å². The molecule has 2 nitrogen and oxygen atoms in total. The number of fused-ring (bicyclic) bond motifs is 1. The number of rotatable bonds is 2. The molecule has 0 saturated heterocycles. The van der Waals surface area contributed by atoms with E-state index in [0.29, 0.717) is 12.0 Å². The maximum absolute atomic E-state index is 11.3. The summed E-state index contributed by atoms with van der Waals surface area (Å²) in [6.45, 7) is 3.53. The Balaban J connectivity index is 2.75. The van der Waals surface area contributed by atoms with Crippen molar-refractivity contribution in [2.24, 2.45) is 0 Å². The lowest BCUT2D eigenvalue weighted by molar-refractivity contribution is -0.116. The summed E-state index contributed by atoms with van der Waals surface area (Å²) >= 11 is 0. The van der Waals surface area contributed by atoms with Gasteiger partial charge in [0.15, 0.2) is 0 Å². The number of ketones is 1. The van der Waals surface area contributed by atoms with Crippen molar-refractivity contribution in [1.82, 2.24) is 0 Å². The summed E-state index contributed by atoms with van der Waals surface area (Å²) in [4.78, 5) is 11.3. The Morgan fingerprint density at radius 3 is 2.47 bits per heavy atom. The second kappa shape index (κ2) is 4.39. The molecule has 0 aromatic carbocycles. The van der Waals surface area contributed by atoms with Crippen LogP contribution in [-0.2, 0) is 11.2 Å². The largest absolute Gasteiger partial charge is 0.300 e. The van der Waals surface area contributed by atoms with Crippen molar-refractivity contribution in [3.8, 4) is 17.2 Å². The summed E-state index contributed by atoms with van der Waals surface area (Å²) in [5.74, 6) is 0.0873. The van der Waals surface area contributed by atoms with E-state index in [1.165, 1.54) is 0 Å². The molecule has 84 valence electrons. The lowest BCUT2D eigenvalue weighted by atomic mass is 10.1. The van der Waals surface area contributed by atoms with Crippen molar-refractivity contribution in [2.45, 2.75) is 20.3 Å². The minimum atomic E-state index is 0.0873. The van der Waals surface area contributed by atoms with Crippen LogP contribution in [0, 0.1) is 18.3 Å². The molecule has 0 aliphatic heterocycles. The van der Waals surface area contributed by atoms with Crippen molar-refractivity contribution in [3.63, 3.8) is 0 Å². The second-order valence-corrected chi connectivity index (χ2v) is 4.21. The molecule has 0 atom stereocenters. The minimum absolute atomic E-state index is 0.0873. The molecule has 0 aromatic rings. The predicted molar refractivity (Wildman–Crippen MR) is 66.9 cm³/mol. The van der Waals surface area contributed by atoms with Crippen molar-refractivity contribution >= 4 is 5.78 Å². The Hall–Kier alpha value is -2.14. The molecule has 2 aliphatic carbocycles. The Labute approximate surface area is 101 Å². The summed E-state index contributed by atoms with van der Waals surface area (Å²) < 4.78 is 0. The van der Waals surface area contributed by atoms with Crippen LogP contribution < -0.4 is 0 Å². The average Bonchev–Trinajstić information content (AvgIpc) is 2.48. The number of hydrogen-bond donors (Lipinski definition) is 0. The highest BCUT2D eigenvalue weighted by Crippen LogP contribution is 2.35. The van der Waals surface area contributed by atoms with E-state index in [9.17, 15) is 10.1 Å². The Kier molecular flexibility index (Phi) is 2.93. The summed E-state index contributed by atoms with van der Waals surface area (Å²) in [5, 5.41) is 9.26. The smallest absolute Gasteiger partial charge is 0.134 e. The monoisotopic (exact) mass is 223 g/mol. The molecule has 17 heavy (non-hydrogen) atoms. The fourth-order valence-corrected chi connectivity index (χ4v) is 2.20. The molecule has 2 heteroatoms. The van der Waals surface area contributed by atoms with Gasteiger partial charge in [-0.15, -0.1) is 0 Å². The van der Waals surface area contributed by atoms with Gasteiger partial charge in [-0.2, -0.15) is 5.26 Å². The van der Waals surface area contributed by atoms with Gasteiger partial charge in [-0.05, 0) is 30.5 Å². The van der Waals surface area contributed by atoms with Gasteiger partial charge in [0.25, 0.3) is 0 Å². The summed E-state index contributed by atoms with van der Waals surface area (Å²) in [7, 11) is 0. The molecule has 0 N–H and O–H groups in total. The molecule has 0 radical (unpaired) electrons. The summed E-state index contributed by atoms with van der Waals surface area (Å²) in [5.41, 5.74) is 4.56. The van der Waals surface area contributed by atoms with Crippen LogP contribution >= 0.6 is 0 Å². The Bertz CT molecular complexity index is 593. The van der Waals surface area contributed by atoms with Gasteiger partial charge >= 0.3 is 0 Å². The molecule has 0 unspecified atom stereocenters. The second-order valence-electron chi connectivity index (χ2n) is 4.21. The van der Waals surface area contributed by atoms with Crippen molar-refractivity contribution in [2.75, 3.05) is 0 Å².